The van der Waals surface area contributed by atoms with Crippen molar-refractivity contribution >= 4 is 35.6 Å². The minimum atomic E-state index is 0. The second-order valence-corrected chi connectivity index (χ2v) is 4.64. The van der Waals surface area contributed by atoms with Crippen LogP contribution < -0.4 is 10.2 Å². The van der Waals surface area contributed by atoms with E-state index >= 15 is 0 Å². The highest BCUT2D eigenvalue weighted by molar-refractivity contribution is 14.0. The standard InChI is InChI=1S/C15H24N4.HI/c1-3-16-15(17-4-2)19-12-10-18(11-13-19)14-8-6-5-7-9-14;/h5-9H,3-4,10-13H2,1-2H3,(H,16,17);1H. The maximum absolute atomic E-state index is 4.55. The number of piperazine rings is 1. The van der Waals surface area contributed by atoms with Crippen molar-refractivity contribution in [2.75, 3.05) is 44.2 Å². The Morgan fingerprint density at radius 2 is 1.75 bits per heavy atom. The molecular formula is C15H25IN4. The zero-order valence-electron chi connectivity index (χ0n) is 12.4. The lowest BCUT2D eigenvalue weighted by molar-refractivity contribution is 0.373. The maximum atomic E-state index is 4.55. The smallest absolute Gasteiger partial charge is 0.194 e. The van der Waals surface area contributed by atoms with E-state index in [-0.39, 0.29) is 24.0 Å². The van der Waals surface area contributed by atoms with Crippen molar-refractivity contribution in [3.63, 3.8) is 0 Å². The molecule has 0 aromatic heterocycles. The largest absolute Gasteiger partial charge is 0.368 e. The molecule has 20 heavy (non-hydrogen) atoms. The highest BCUT2D eigenvalue weighted by Crippen LogP contribution is 2.15. The molecule has 1 aromatic carbocycles. The number of halogens is 1. The summed E-state index contributed by atoms with van der Waals surface area (Å²) in [7, 11) is 0. The highest BCUT2D eigenvalue weighted by atomic mass is 127. The Balaban J connectivity index is 0.00000200. The fourth-order valence-corrected chi connectivity index (χ4v) is 2.39. The lowest BCUT2D eigenvalue weighted by Gasteiger charge is -2.37. The summed E-state index contributed by atoms with van der Waals surface area (Å²) in [5.74, 6) is 1.05. The Morgan fingerprint density at radius 3 is 2.30 bits per heavy atom. The van der Waals surface area contributed by atoms with Crippen LogP contribution in [0.25, 0.3) is 0 Å². The number of nitrogens with one attached hydrogen (secondary N) is 1. The van der Waals surface area contributed by atoms with Crippen molar-refractivity contribution in [3.8, 4) is 0 Å². The van der Waals surface area contributed by atoms with Gasteiger partial charge in [0.1, 0.15) is 0 Å². The molecule has 0 spiro atoms. The quantitative estimate of drug-likeness (QED) is 0.490. The highest BCUT2D eigenvalue weighted by Gasteiger charge is 2.19. The van der Waals surface area contributed by atoms with Crippen molar-refractivity contribution in [2.45, 2.75) is 13.8 Å². The van der Waals surface area contributed by atoms with Crippen LogP contribution in [0.2, 0.25) is 0 Å². The van der Waals surface area contributed by atoms with E-state index in [2.05, 4.69) is 64.3 Å². The molecule has 112 valence electrons. The second-order valence-electron chi connectivity index (χ2n) is 4.64. The molecule has 1 aromatic rings. The molecule has 1 saturated heterocycles. The predicted molar refractivity (Wildman–Crippen MR) is 97.3 cm³/mol. The Bertz CT molecular complexity index is 400. The van der Waals surface area contributed by atoms with Gasteiger partial charge in [-0.15, -0.1) is 24.0 Å². The number of nitrogens with zero attached hydrogens (tertiary/aromatic N) is 3. The topological polar surface area (TPSA) is 30.9 Å². The van der Waals surface area contributed by atoms with Crippen LogP contribution in [0.5, 0.6) is 0 Å². The van der Waals surface area contributed by atoms with Crippen LogP contribution in [0, 0.1) is 0 Å². The number of para-hydroxylation sites is 1. The van der Waals surface area contributed by atoms with Gasteiger partial charge in [-0.2, -0.15) is 0 Å². The molecule has 1 aliphatic rings. The van der Waals surface area contributed by atoms with E-state index in [0.717, 1.165) is 45.2 Å². The van der Waals surface area contributed by atoms with Crippen molar-refractivity contribution < 1.29 is 0 Å². The lowest BCUT2D eigenvalue weighted by atomic mass is 10.2. The molecule has 2 rings (SSSR count). The molecule has 0 unspecified atom stereocenters. The fourth-order valence-electron chi connectivity index (χ4n) is 2.39. The molecule has 1 heterocycles. The summed E-state index contributed by atoms with van der Waals surface area (Å²) in [6, 6.07) is 10.6. The second kappa shape index (κ2) is 9.05. The lowest BCUT2D eigenvalue weighted by Crippen LogP contribution is -2.52. The van der Waals surface area contributed by atoms with Crippen LogP contribution in [0.1, 0.15) is 13.8 Å². The van der Waals surface area contributed by atoms with E-state index in [1.54, 1.807) is 0 Å². The molecule has 1 fully saturated rings. The first kappa shape index (κ1) is 17.1. The van der Waals surface area contributed by atoms with E-state index < -0.39 is 0 Å². The average Bonchev–Trinajstić information content (AvgIpc) is 2.48. The van der Waals surface area contributed by atoms with E-state index in [4.69, 9.17) is 0 Å². The van der Waals surface area contributed by atoms with Gasteiger partial charge in [0.25, 0.3) is 0 Å². The molecule has 0 bridgehead atoms. The molecule has 1 aliphatic heterocycles. The monoisotopic (exact) mass is 388 g/mol. The summed E-state index contributed by atoms with van der Waals surface area (Å²) < 4.78 is 0. The van der Waals surface area contributed by atoms with Gasteiger partial charge in [-0.05, 0) is 26.0 Å². The van der Waals surface area contributed by atoms with Crippen LogP contribution in [0.15, 0.2) is 35.3 Å². The molecular weight excluding hydrogens is 363 g/mol. The van der Waals surface area contributed by atoms with Crippen LogP contribution >= 0.6 is 24.0 Å². The van der Waals surface area contributed by atoms with Crippen LogP contribution in [0.4, 0.5) is 5.69 Å². The SMILES string of the molecule is CCN=C(NCC)N1CCN(c2ccccc2)CC1.I. The number of hydrogen-bond donors (Lipinski definition) is 1. The number of guanidine groups is 1. The minimum absolute atomic E-state index is 0. The Morgan fingerprint density at radius 1 is 1.10 bits per heavy atom. The van der Waals surface area contributed by atoms with E-state index in [1.165, 1.54) is 5.69 Å². The molecule has 0 radical (unpaired) electrons. The zero-order chi connectivity index (χ0) is 13.5. The summed E-state index contributed by atoms with van der Waals surface area (Å²) >= 11 is 0. The van der Waals surface area contributed by atoms with E-state index in [9.17, 15) is 0 Å². The van der Waals surface area contributed by atoms with Gasteiger partial charge in [0, 0.05) is 45.0 Å². The molecule has 0 saturated carbocycles. The van der Waals surface area contributed by atoms with Crippen molar-refractivity contribution in [1.29, 1.82) is 0 Å². The van der Waals surface area contributed by atoms with Gasteiger partial charge in [-0.3, -0.25) is 4.99 Å². The molecule has 5 heteroatoms. The summed E-state index contributed by atoms with van der Waals surface area (Å²) in [6.07, 6.45) is 0. The number of anilines is 1. The summed E-state index contributed by atoms with van der Waals surface area (Å²) in [6.45, 7) is 10.1. The van der Waals surface area contributed by atoms with Crippen molar-refractivity contribution in [3.05, 3.63) is 30.3 Å². The van der Waals surface area contributed by atoms with Gasteiger partial charge in [-0.1, -0.05) is 18.2 Å². The Labute approximate surface area is 139 Å². The van der Waals surface area contributed by atoms with Gasteiger partial charge in [0.2, 0.25) is 0 Å². The molecule has 1 N–H and O–H groups in total. The third-order valence-electron chi connectivity index (χ3n) is 3.34. The summed E-state index contributed by atoms with van der Waals surface area (Å²) in [4.78, 5) is 9.34. The zero-order valence-corrected chi connectivity index (χ0v) is 14.7. The first-order chi connectivity index (χ1) is 9.35. The summed E-state index contributed by atoms with van der Waals surface area (Å²) in [5.41, 5.74) is 1.32. The third kappa shape index (κ3) is 4.54. The number of benzene rings is 1. The molecule has 0 atom stereocenters. The number of hydrogen-bond acceptors (Lipinski definition) is 2. The third-order valence-corrected chi connectivity index (χ3v) is 3.34. The molecule has 4 nitrogen and oxygen atoms in total. The maximum Gasteiger partial charge on any atom is 0.194 e. The van der Waals surface area contributed by atoms with Crippen molar-refractivity contribution in [1.82, 2.24) is 10.2 Å². The fraction of sp³-hybridized carbons (Fsp3) is 0.533. The Hall–Kier alpha value is -0.980. The van der Waals surface area contributed by atoms with Crippen LogP contribution in [0.3, 0.4) is 0 Å². The summed E-state index contributed by atoms with van der Waals surface area (Å²) in [5, 5.41) is 3.37. The van der Waals surface area contributed by atoms with E-state index in [1.807, 2.05) is 0 Å². The van der Waals surface area contributed by atoms with E-state index in [0.29, 0.717) is 0 Å². The first-order valence-corrected chi connectivity index (χ1v) is 7.18. The van der Waals surface area contributed by atoms with Crippen molar-refractivity contribution in [2.24, 2.45) is 4.99 Å². The van der Waals surface area contributed by atoms with Crippen LogP contribution in [-0.2, 0) is 0 Å². The normalized spacial score (nSPS) is 15.8. The minimum Gasteiger partial charge on any atom is -0.368 e. The van der Waals surface area contributed by atoms with Gasteiger partial charge in [-0.25, -0.2) is 0 Å². The predicted octanol–water partition coefficient (Wildman–Crippen LogP) is 2.41. The van der Waals surface area contributed by atoms with Gasteiger partial charge in [0.05, 0.1) is 0 Å². The van der Waals surface area contributed by atoms with Gasteiger partial charge >= 0.3 is 0 Å². The number of rotatable bonds is 3. The van der Waals surface area contributed by atoms with Gasteiger partial charge in [0.15, 0.2) is 5.96 Å². The Kier molecular flexibility index (Phi) is 7.72. The van der Waals surface area contributed by atoms with Gasteiger partial charge < -0.3 is 15.1 Å². The molecule has 0 aliphatic carbocycles. The van der Waals surface area contributed by atoms with Crippen LogP contribution in [-0.4, -0.2) is 50.1 Å². The number of aliphatic imine (C=N–C) groups is 1. The first-order valence-electron chi connectivity index (χ1n) is 7.18. The molecule has 0 amide bonds. The average molecular weight is 388 g/mol.